The van der Waals surface area contributed by atoms with Crippen LogP contribution in [0.25, 0.3) is 6.08 Å². The highest BCUT2D eigenvalue weighted by Gasteiger charge is 2.41. The standard InChI is InChI=1S/C18H18BrNO8S/c1-9(17(23)27-4)20-16(22)14(29-18(20)24)6-10-5-12(25-2)13(7-11(10)19)28-8-15(21)26-3/h5-7,9H,8H2,1-4H3/b14-6+. The lowest BCUT2D eigenvalue weighted by atomic mass is 10.1. The van der Waals surface area contributed by atoms with Gasteiger partial charge in [0.1, 0.15) is 6.04 Å². The van der Waals surface area contributed by atoms with Gasteiger partial charge in [-0.15, -0.1) is 0 Å². The van der Waals surface area contributed by atoms with Crippen LogP contribution in [0, 0.1) is 0 Å². The molecule has 9 nitrogen and oxygen atoms in total. The number of amides is 2. The fraction of sp³-hybridized carbons (Fsp3) is 0.333. The first-order valence-electron chi connectivity index (χ1n) is 8.15. The van der Waals surface area contributed by atoms with Gasteiger partial charge in [0.15, 0.2) is 18.1 Å². The van der Waals surface area contributed by atoms with Crippen molar-refractivity contribution >= 4 is 56.9 Å². The molecule has 1 aromatic rings. The monoisotopic (exact) mass is 487 g/mol. The summed E-state index contributed by atoms with van der Waals surface area (Å²) in [5.41, 5.74) is 0.531. The van der Waals surface area contributed by atoms with E-state index in [2.05, 4.69) is 25.4 Å². The second kappa shape index (κ2) is 9.79. The SMILES string of the molecule is COC(=O)COc1cc(Br)c(/C=C2/SC(=O)N(C(C)C(=O)OC)C2=O)cc1OC. The maximum atomic E-state index is 12.6. The molecule has 0 aromatic heterocycles. The summed E-state index contributed by atoms with van der Waals surface area (Å²) in [6.45, 7) is 1.11. The quantitative estimate of drug-likeness (QED) is 0.423. The minimum Gasteiger partial charge on any atom is -0.493 e. The van der Waals surface area contributed by atoms with Crippen LogP contribution in [0.1, 0.15) is 12.5 Å². The average Bonchev–Trinajstić information content (AvgIpc) is 2.99. The van der Waals surface area contributed by atoms with Gasteiger partial charge < -0.3 is 18.9 Å². The Morgan fingerprint density at radius 1 is 1.17 bits per heavy atom. The Morgan fingerprint density at radius 3 is 2.45 bits per heavy atom. The summed E-state index contributed by atoms with van der Waals surface area (Å²) < 4.78 is 20.3. The fourth-order valence-electron chi connectivity index (χ4n) is 2.36. The molecule has 0 spiro atoms. The van der Waals surface area contributed by atoms with Crippen molar-refractivity contribution in [3.05, 3.63) is 27.1 Å². The molecule has 0 saturated carbocycles. The topological polar surface area (TPSA) is 108 Å². The normalized spacial score (nSPS) is 16.0. The van der Waals surface area contributed by atoms with Crippen molar-refractivity contribution in [2.45, 2.75) is 13.0 Å². The summed E-state index contributed by atoms with van der Waals surface area (Å²) >= 11 is 4.08. The zero-order valence-corrected chi connectivity index (χ0v) is 18.4. The van der Waals surface area contributed by atoms with E-state index in [1.54, 1.807) is 12.1 Å². The largest absolute Gasteiger partial charge is 0.493 e. The summed E-state index contributed by atoms with van der Waals surface area (Å²) in [5, 5.41) is -0.569. The minimum absolute atomic E-state index is 0.136. The second-order valence-electron chi connectivity index (χ2n) is 5.64. The number of carbonyl (C=O) groups is 4. The first kappa shape index (κ1) is 22.8. The number of halogens is 1. The minimum atomic E-state index is -1.04. The van der Waals surface area contributed by atoms with Gasteiger partial charge in [-0.3, -0.25) is 14.5 Å². The lowest BCUT2D eigenvalue weighted by molar-refractivity contribution is -0.148. The molecule has 2 rings (SSSR count). The van der Waals surface area contributed by atoms with Crippen molar-refractivity contribution in [2.24, 2.45) is 0 Å². The first-order chi connectivity index (χ1) is 13.7. The highest BCUT2D eigenvalue weighted by atomic mass is 79.9. The van der Waals surface area contributed by atoms with Crippen molar-refractivity contribution in [2.75, 3.05) is 27.9 Å². The summed E-state index contributed by atoms with van der Waals surface area (Å²) in [7, 11) is 3.85. The fourth-order valence-corrected chi connectivity index (χ4v) is 3.70. The van der Waals surface area contributed by atoms with Crippen molar-refractivity contribution in [3.63, 3.8) is 0 Å². The molecule has 1 unspecified atom stereocenters. The Labute approximate surface area is 179 Å². The number of methoxy groups -OCH3 is 3. The third kappa shape index (κ3) is 5.10. The Balaban J connectivity index is 2.32. The lowest BCUT2D eigenvalue weighted by Crippen LogP contribution is -2.42. The molecule has 29 heavy (non-hydrogen) atoms. The molecule has 1 heterocycles. The van der Waals surface area contributed by atoms with Crippen LogP contribution in [0.3, 0.4) is 0 Å². The van der Waals surface area contributed by atoms with Gasteiger partial charge in [-0.1, -0.05) is 15.9 Å². The van der Waals surface area contributed by atoms with Crippen LogP contribution >= 0.6 is 27.7 Å². The average molecular weight is 488 g/mol. The Kier molecular flexibility index (Phi) is 7.68. The van der Waals surface area contributed by atoms with Crippen LogP contribution in [-0.4, -0.2) is 62.0 Å². The van der Waals surface area contributed by atoms with E-state index >= 15 is 0 Å². The number of hydrogen-bond acceptors (Lipinski definition) is 9. The van der Waals surface area contributed by atoms with Gasteiger partial charge in [-0.2, -0.15) is 0 Å². The number of esters is 2. The lowest BCUT2D eigenvalue weighted by Gasteiger charge is -2.18. The number of nitrogens with zero attached hydrogens (tertiary/aromatic N) is 1. The second-order valence-corrected chi connectivity index (χ2v) is 7.49. The van der Waals surface area contributed by atoms with Crippen LogP contribution in [-0.2, 0) is 23.9 Å². The van der Waals surface area contributed by atoms with Crippen LogP contribution in [0.2, 0.25) is 0 Å². The summed E-state index contributed by atoms with van der Waals surface area (Å²) in [4.78, 5) is 48.8. The molecule has 2 amide bonds. The Morgan fingerprint density at radius 2 is 1.86 bits per heavy atom. The van der Waals surface area contributed by atoms with E-state index < -0.39 is 29.1 Å². The molecule has 0 bridgehead atoms. The van der Waals surface area contributed by atoms with Crippen molar-refractivity contribution in [1.29, 1.82) is 0 Å². The van der Waals surface area contributed by atoms with E-state index in [0.717, 1.165) is 4.90 Å². The van der Waals surface area contributed by atoms with Crippen molar-refractivity contribution in [3.8, 4) is 11.5 Å². The van der Waals surface area contributed by atoms with Crippen molar-refractivity contribution < 1.29 is 38.1 Å². The van der Waals surface area contributed by atoms with E-state index in [-0.39, 0.29) is 17.3 Å². The maximum Gasteiger partial charge on any atom is 0.343 e. The molecule has 1 aliphatic rings. The van der Waals surface area contributed by atoms with Crippen LogP contribution < -0.4 is 9.47 Å². The third-order valence-electron chi connectivity index (χ3n) is 3.90. The number of benzene rings is 1. The summed E-state index contributed by atoms with van der Waals surface area (Å²) in [6, 6.07) is 2.11. The number of thioether (sulfide) groups is 1. The molecule has 11 heteroatoms. The van der Waals surface area contributed by atoms with Gasteiger partial charge in [0.25, 0.3) is 11.1 Å². The smallest absolute Gasteiger partial charge is 0.343 e. The van der Waals surface area contributed by atoms with E-state index in [4.69, 9.17) is 9.47 Å². The molecule has 0 aliphatic carbocycles. The van der Waals surface area contributed by atoms with Gasteiger partial charge in [0.2, 0.25) is 0 Å². The van der Waals surface area contributed by atoms with E-state index in [0.29, 0.717) is 27.5 Å². The molecule has 0 radical (unpaired) electrons. The maximum absolute atomic E-state index is 12.6. The molecule has 0 N–H and O–H groups in total. The predicted octanol–water partition coefficient (Wildman–Crippen LogP) is 2.61. The number of carbonyl (C=O) groups excluding carboxylic acids is 4. The number of hydrogen-bond donors (Lipinski definition) is 0. The van der Waals surface area contributed by atoms with Gasteiger partial charge in [-0.05, 0) is 42.5 Å². The van der Waals surface area contributed by atoms with E-state index in [9.17, 15) is 19.2 Å². The van der Waals surface area contributed by atoms with Gasteiger partial charge in [0.05, 0.1) is 26.2 Å². The van der Waals surface area contributed by atoms with Gasteiger partial charge >= 0.3 is 11.9 Å². The summed E-state index contributed by atoms with van der Waals surface area (Å²) in [6.07, 6.45) is 1.49. The Bertz CT molecular complexity index is 885. The zero-order valence-electron chi connectivity index (χ0n) is 16.0. The van der Waals surface area contributed by atoms with Gasteiger partial charge in [0, 0.05) is 4.47 Å². The van der Waals surface area contributed by atoms with Crippen LogP contribution in [0.15, 0.2) is 21.5 Å². The molecule has 1 aromatic carbocycles. The summed E-state index contributed by atoms with van der Waals surface area (Å²) in [5.74, 6) is -1.25. The predicted molar refractivity (Wildman–Crippen MR) is 107 cm³/mol. The Hall–Kier alpha value is -2.53. The molecule has 1 atom stereocenters. The highest BCUT2D eigenvalue weighted by molar-refractivity contribution is 9.10. The molecular formula is C18H18BrNO8S. The molecule has 1 aliphatic heterocycles. The van der Waals surface area contributed by atoms with Crippen LogP contribution in [0.4, 0.5) is 4.79 Å². The van der Waals surface area contributed by atoms with Gasteiger partial charge in [-0.25, -0.2) is 9.59 Å². The highest BCUT2D eigenvalue weighted by Crippen LogP contribution is 2.38. The van der Waals surface area contributed by atoms with Crippen LogP contribution in [0.5, 0.6) is 11.5 Å². The molecule has 156 valence electrons. The number of rotatable bonds is 7. The first-order valence-corrected chi connectivity index (χ1v) is 9.76. The zero-order chi connectivity index (χ0) is 21.7. The van der Waals surface area contributed by atoms with E-state index in [1.807, 2.05) is 0 Å². The third-order valence-corrected chi connectivity index (χ3v) is 5.47. The molecule has 1 fully saturated rings. The van der Waals surface area contributed by atoms with Crippen molar-refractivity contribution in [1.82, 2.24) is 4.90 Å². The number of ether oxygens (including phenoxy) is 4. The molecular weight excluding hydrogens is 470 g/mol. The van der Waals surface area contributed by atoms with E-state index in [1.165, 1.54) is 34.3 Å². The number of imide groups is 1. The molecule has 1 saturated heterocycles.